The Bertz CT molecular complexity index is 793. The van der Waals surface area contributed by atoms with Crippen molar-refractivity contribution in [3.63, 3.8) is 0 Å². The number of hydrogen-bond acceptors (Lipinski definition) is 3. The third kappa shape index (κ3) is 3.20. The van der Waals surface area contributed by atoms with Crippen molar-refractivity contribution < 1.29 is 4.79 Å². The lowest BCUT2D eigenvalue weighted by Crippen LogP contribution is -2.19. The summed E-state index contributed by atoms with van der Waals surface area (Å²) in [5.41, 5.74) is 3.65. The van der Waals surface area contributed by atoms with Crippen LogP contribution in [0.15, 0.2) is 42.5 Å². The summed E-state index contributed by atoms with van der Waals surface area (Å²) in [6.45, 7) is 3.98. The van der Waals surface area contributed by atoms with E-state index in [0.717, 1.165) is 32.2 Å². The van der Waals surface area contributed by atoms with Gasteiger partial charge in [-0.1, -0.05) is 17.7 Å². The molecule has 0 bridgehead atoms. The molecule has 0 saturated carbocycles. The van der Waals surface area contributed by atoms with Gasteiger partial charge in [-0.05, 0) is 44.2 Å². The molecule has 106 valence electrons. The minimum Gasteiger partial charge on any atom is -0.308 e. The Labute approximate surface area is 126 Å². The fourth-order valence-electron chi connectivity index (χ4n) is 2.05. The normalized spacial score (nSPS) is 10.6. The Hall–Kier alpha value is -2.40. The zero-order valence-electron chi connectivity index (χ0n) is 11.8. The summed E-state index contributed by atoms with van der Waals surface area (Å²) in [6, 6.07) is 13.1. The molecule has 0 unspecified atom stereocenters. The molecule has 0 atom stereocenters. The highest BCUT2D eigenvalue weighted by atomic mass is 32.1. The Morgan fingerprint density at radius 2 is 1.67 bits per heavy atom. The predicted molar refractivity (Wildman–Crippen MR) is 88.2 cm³/mol. The number of amides is 2. The molecule has 1 aromatic heterocycles. The summed E-state index contributed by atoms with van der Waals surface area (Å²) in [6.07, 6.45) is 0. The number of aromatic nitrogens is 1. The van der Waals surface area contributed by atoms with E-state index >= 15 is 0 Å². The summed E-state index contributed by atoms with van der Waals surface area (Å²) in [5.74, 6) is 0. The largest absolute Gasteiger partial charge is 0.323 e. The van der Waals surface area contributed by atoms with Crippen molar-refractivity contribution in [1.29, 1.82) is 0 Å². The molecule has 0 radical (unpaired) electrons. The van der Waals surface area contributed by atoms with Gasteiger partial charge in [-0.25, -0.2) is 9.78 Å². The van der Waals surface area contributed by atoms with Gasteiger partial charge < -0.3 is 10.6 Å². The molecular formula is C16H15N3OS. The maximum absolute atomic E-state index is 12.0. The number of urea groups is 1. The zero-order chi connectivity index (χ0) is 14.8. The van der Waals surface area contributed by atoms with Crippen molar-refractivity contribution in [2.24, 2.45) is 0 Å². The second kappa shape index (κ2) is 5.54. The van der Waals surface area contributed by atoms with E-state index in [-0.39, 0.29) is 6.03 Å². The Balaban J connectivity index is 1.71. The highest BCUT2D eigenvalue weighted by Gasteiger charge is 2.05. The minimum absolute atomic E-state index is 0.251. The molecular weight excluding hydrogens is 282 g/mol. The first-order valence-electron chi connectivity index (χ1n) is 6.62. The summed E-state index contributed by atoms with van der Waals surface area (Å²) in [7, 11) is 0. The lowest BCUT2D eigenvalue weighted by atomic mass is 10.2. The van der Waals surface area contributed by atoms with Crippen LogP contribution in [0.1, 0.15) is 10.6 Å². The number of nitrogens with one attached hydrogen (secondary N) is 2. The van der Waals surface area contributed by atoms with Crippen LogP contribution in [0, 0.1) is 13.8 Å². The highest BCUT2D eigenvalue weighted by molar-refractivity contribution is 7.18. The van der Waals surface area contributed by atoms with E-state index in [4.69, 9.17) is 0 Å². The van der Waals surface area contributed by atoms with Crippen LogP contribution in [0.5, 0.6) is 0 Å². The minimum atomic E-state index is -0.251. The molecule has 5 heteroatoms. The predicted octanol–water partition coefficient (Wildman–Crippen LogP) is 4.56. The maximum Gasteiger partial charge on any atom is 0.323 e. The number of carbonyl (C=O) groups excluding carboxylic acids is 1. The van der Waals surface area contributed by atoms with Gasteiger partial charge in [0.2, 0.25) is 0 Å². The Morgan fingerprint density at radius 3 is 2.43 bits per heavy atom. The van der Waals surface area contributed by atoms with Crippen molar-refractivity contribution in [2.75, 3.05) is 10.6 Å². The second-order valence-corrected chi connectivity index (χ2v) is 6.10. The fraction of sp³-hybridized carbons (Fsp3) is 0.125. The third-order valence-corrected chi connectivity index (χ3v) is 4.00. The quantitative estimate of drug-likeness (QED) is 0.728. The average Bonchev–Trinajstić information content (AvgIpc) is 2.80. The van der Waals surface area contributed by atoms with Gasteiger partial charge in [0, 0.05) is 11.4 Å². The number of anilines is 2. The number of fused-ring (bicyclic) bond motifs is 1. The van der Waals surface area contributed by atoms with Crippen LogP contribution in [-0.2, 0) is 0 Å². The molecule has 0 saturated heterocycles. The maximum atomic E-state index is 12.0. The van der Waals surface area contributed by atoms with E-state index in [0.29, 0.717) is 0 Å². The number of carbonyl (C=O) groups is 1. The van der Waals surface area contributed by atoms with Crippen LogP contribution >= 0.6 is 11.3 Å². The first-order valence-corrected chi connectivity index (χ1v) is 7.44. The van der Waals surface area contributed by atoms with Crippen molar-refractivity contribution in [1.82, 2.24) is 4.98 Å². The lowest BCUT2D eigenvalue weighted by Gasteiger charge is -2.07. The van der Waals surface area contributed by atoms with Crippen molar-refractivity contribution in [3.8, 4) is 0 Å². The highest BCUT2D eigenvalue weighted by Crippen LogP contribution is 2.24. The number of thiazole rings is 1. The molecule has 2 aromatic carbocycles. The van der Waals surface area contributed by atoms with Gasteiger partial charge in [-0.3, -0.25) is 0 Å². The van der Waals surface area contributed by atoms with E-state index in [9.17, 15) is 4.79 Å². The average molecular weight is 297 g/mol. The fourth-order valence-corrected chi connectivity index (χ4v) is 2.91. The summed E-state index contributed by atoms with van der Waals surface area (Å²) in [5, 5.41) is 6.66. The molecule has 0 fully saturated rings. The number of aryl methyl sites for hydroxylation is 2. The second-order valence-electron chi connectivity index (χ2n) is 4.86. The van der Waals surface area contributed by atoms with Gasteiger partial charge in [0.25, 0.3) is 0 Å². The third-order valence-electron chi connectivity index (χ3n) is 3.06. The molecule has 3 rings (SSSR count). The van der Waals surface area contributed by atoms with Gasteiger partial charge in [0.1, 0.15) is 0 Å². The van der Waals surface area contributed by atoms with Crippen LogP contribution in [0.2, 0.25) is 0 Å². The van der Waals surface area contributed by atoms with Gasteiger partial charge in [0.15, 0.2) is 0 Å². The van der Waals surface area contributed by atoms with Crippen LogP contribution in [0.4, 0.5) is 16.2 Å². The molecule has 4 nitrogen and oxygen atoms in total. The smallest absolute Gasteiger partial charge is 0.308 e. The van der Waals surface area contributed by atoms with Gasteiger partial charge in [0.05, 0.1) is 15.2 Å². The number of rotatable bonds is 2. The van der Waals surface area contributed by atoms with Gasteiger partial charge >= 0.3 is 6.03 Å². The SMILES string of the molecule is Cc1ccc(NC(=O)Nc2ccc3nc(C)sc3c2)cc1. The summed E-state index contributed by atoms with van der Waals surface area (Å²) in [4.78, 5) is 16.4. The summed E-state index contributed by atoms with van der Waals surface area (Å²) >= 11 is 1.62. The number of nitrogens with zero attached hydrogens (tertiary/aromatic N) is 1. The molecule has 0 spiro atoms. The topological polar surface area (TPSA) is 54.0 Å². The molecule has 3 aromatic rings. The van der Waals surface area contributed by atoms with Crippen LogP contribution in [-0.4, -0.2) is 11.0 Å². The van der Waals surface area contributed by atoms with Gasteiger partial charge in [-0.2, -0.15) is 0 Å². The van der Waals surface area contributed by atoms with Crippen LogP contribution in [0.25, 0.3) is 10.2 Å². The summed E-state index contributed by atoms with van der Waals surface area (Å²) < 4.78 is 1.07. The van der Waals surface area contributed by atoms with Crippen LogP contribution in [0.3, 0.4) is 0 Å². The van der Waals surface area contributed by atoms with E-state index in [2.05, 4.69) is 15.6 Å². The first kappa shape index (κ1) is 13.6. The Kier molecular flexibility index (Phi) is 3.58. The van der Waals surface area contributed by atoms with Crippen molar-refractivity contribution in [3.05, 3.63) is 53.0 Å². The van der Waals surface area contributed by atoms with E-state index in [1.54, 1.807) is 11.3 Å². The Morgan fingerprint density at radius 1 is 1.00 bits per heavy atom. The van der Waals surface area contributed by atoms with Crippen LogP contribution < -0.4 is 10.6 Å². The molecule has 1 heterocycles. The van der Waals surface area contributed by atoms with E-state index < -0.39 is 0 Å². The van der Waals surface area contributed by atoms with Gasteiger partial charge in [-0.15, -0.1) is 11.3 Å². The van der Waals surface area contributed by atoms with E-state index in [1.807, 2.05) is 56.3 Å². The molecule has 2 N–H and O–H groups in total. The lowest BCUT2D eigenvalue weighted by molar-refractivity contribution is 0.262. The van der Waals surface area contributed by atoms with Crippen molar-refractivity contribution >= 4 is 39.0 Å². The standard InChI is InChI=1S/C16H15N3OS/c1-10-3-5-12(6-4-10)18-16(20)19-13-7-8-14-15(9-13)21-11(2)17-14/h3-9H,1-2H3,(H2,18,19,20). The van der Waals surface area contributed by atoms with E-state index in [1.165, 1.54) is 0 Å². The molecule has 2 amide bonds. The molecule has 21 heavy (non-hydrogen) atoms. The zero-order valence-corrected chi connectivity index (χ0v) is 12.6. The molecule has 0 aliphatic carbocycles. The number of benzene rings is 2. The van der Waals surface area contributed by atoms with Crippen molar-refractivity contribution in [2.45, 2.75) is 13.8 Å². The molecule has 0 aliphatic rings. The monoisotopic (exact) mass is 297 g/mol. The molecule has 0 aliphatic heterocycles. The number of hydrogen-bond donors (Lipinski definition) is 2. The first-order chi connectivity index (χ1) is 10.1.